The number of carbonyl (C=O) groups excluding carboxylic acids is 1. The Kier molecular flexibility index (Phi) is 5.55. The van der Waals surface area contributed by atoms with E-state index in [-0.39, 0.29) is 17.7 Å². The molecule has 1 atom stereocenters. The number of phenolic OH excluding ortho intramolecular Hbond substituents is 1. The van der Waals surface area contributed by atoms with Crippen LogP contribution in [0.15, 0.2) is 66.7 Å². The van der Waals surface area contributed by atoms with Crippen LogP contribution in [0.3, 0.4) is 0 Å². The lowest BCUT2D eigenvalue weighted by Crippen LogP contribution is -2.54. The normalized spacial score (nSPS) is 17.5. The van der Waals surface area contributed by atoms with Crippen molar-refractivity contribution in [2.24, 2.45) is 0 Å². The van der Waals surface area contributed by atoms with Crippen LogP contribution in [-0.4, -0.2) is 48.1 Å². The van der Waals surface area contributed by atoms with Gasteiger partial charge >= 0.3 is 0 Å². The number of hydrogen-bond donors (Lipinski definition) is 3. The van der Waals surface area contributed by atoms with E-state index in [0.29, 0.717) is 12.1 Å². The minimum atomic E-state index is -0.118. The molecule has 3 aromatic rings. The van der Waals surface area contributed by atoms with Crippen LogP contribution in [0.5, 0.6) is 5.75 Å². The van der Waals surface area contributed by atoms with Gasteiger partial charge in [-0.25, -0.2) is 0 Å². The average Bonchev–Trinajstić information content (AvgIpc) is 2.73. The third-order valence-electron chi connectivity index (χ3n) is 5.25. The fourth-order valence-electron chi connectivity index (χ4n) is 3.78. The summed E-state index contributed by atoms with van der Waals surface area (Å²) in [6.45, 7) is 4.27. The van der Waals surface area contributed by atoms with Gasteiger partial charge in [0.1, 0.15) is 5.75 Å². The molecule has 1 aliphatic rings. The number of fused-ring (bicyclic) bond motifs is 1. The first-order valence-electron chi connectivity index (χ1n) is 9.68. The summed E-state index contributed by atoms with van der Waals surface area (Å²) in [5, 5.41) is 18.4. The summed E-state index contributed by atoms with van der Waals surface area (Å²) in [5.74, 6) is 0.0440. The van der Waals surface area contributed by atoms with Crippen LogP contribution in [0.2, 0.25) is 0 Å². The fraction of sp³-hybridized carbons (Fsp3) is 0.261. The molecule has 0 bridgehead atoms. The second kappa shape index (κ2) is 8.42. The maximum absolute atomic E-state index is 12.3. The third kappa shape index (κ3) is 4.32. The van der Waals surface area contributed by atoms with Gasteiger partial charge in [-0.1, -0.05) is 42.5 Å². The van der Waals surface area contributed by atoms with Gasteiger partial charge < -0.3 is 15.7 Å². The van der Waals surface area contributed by atoms with Crippen LogP contribution in [-0.2, 0) is 6.54 Å². The number of benzene rings is 3. The molecule has 0 aromatic heterocycles. The topological polar surface area (TPSA) is 64.6 Å². The second-order valence-electron chi connectivity index (χ2n) is 7.28. The van der Waals surface area contributed by atoms with E-state index in [9.17, 15) is 9.90 Å². The number of aromatic hydroxyl groups is 1. The predicted octanol–water partition coefficient (Wildman–Crippen LogP) is 2.75. The van der Waals surface area contributed by atoms with E-state index in [0.717, 1.165) is 26.2 Å². The molecular weight excluding hydrogens is 350 g/mol. The fourth-order valence-corrected chi connectivity index (χ4v) is 3.78. The van der Waals surface area contributed by atoms with Crippen LogP contribution >= 0.6 is 0 Å². The Bertz CT molecular complexity index is 950. The van der Waals surface area contributed by atoms with Crippen molar-refractivity contribution in [2.45, 2.75) is 12.6 Å². The molecule has 1 saturated heterocycles. The highest BCUT2D eigenvalue weighted by atomic mass is 16.3. The Morgan fingerprint density at radius 2 is 1.86 bits per heavy atom. The number of amides is 1. The molecule has 1 aliphatic heterocycles. The van der Waals surface area contributed by atoms with E-state index in [4.69, 9.17) is 0 Å². The largest absolute Gasteiger partial charge is 0.508 e. The maximum Gasteiger partial charge on any atom is 0.251 e. The van der Waals surface area contributed by atoms with E-state index in [1.165, 1.54) is 28.5 Å². The van der Waals surface area contributed by atoms with Crippen molar-refractivity contribution in [1.29, 1.82) is 0 Å². The van der Waals surface area contributed by atoms with Crippen LogP contribution in [0.1, 0.15) is 15.9 Å². The summed E-state index contributed by atoms with van der Waals surface area (Å²) in [7, 11) is 0. The van der Waals surface area contributed by atoms with Crippen LogP contribution in [0.4, 0.5) is 0 Å². The second-order valence-corrected chi connectivity index (χ2v) is 7.28. The number of phenols is 1. The van der Waals surface area contributed by atoms with Gasteiger partial charge in [0, 0.05) is 44.3 Å². The summed E-state index contributed by atoms with van der Waals surface area (Å²) in [6, 6.07) is 21.5. The van der Waals surface area contributed by atoms with Gasteiger partial charge in [-0.2, -0.15) is 0 Å². The summed E-state index contributed by atoms with van der Waals surface area (Å²) in [6.07, 6.45) is 0. The van der Waals surface area contributed by atoms with Crippen LogP contribution in [0.25, 0.3) is 10.8 Å². The smallest absolute Gasteiger partial charge is 0.251 e. The standard InChI is InChI=1S/C23H25N3O2/c27-21-10-8-18(9-11-21)23(28)25-14-20-16-26(13-12-24-20)15-19-6-3-5-17-4-1-2-7-22(17)19/h1-11,20,24,27H,12-16H2,(H,25,28). The lowest BCUT2D eigenvalue weighted by molar-refractivity contribution is 0.0941. The van der Waals surface area contributed by atoms with Crippen molar-refractivity contribution in [3.8, 4) is 5.75 Å². The molecule has 3 aromatic carbocycles. The summed E-state index contributed by atoms with van der Waals surface area (Å²) in [4.78, 5) is 14.7. The molecule has 0 saturated carbocycles. The minimum Gasteiger partial charge on any atom is -0.508 e. The van der Waals surface area contributed by atoms with Gasteiger partial charge in [0.15, 0.2) is 0 Å². The van der Waals surface area contributed by atoms with E-state index in [1.807, 2.05) is 0 Å². The van der Waals surface area contributed by atoms with Crippen LogP contribution in [0, 0.1) is 0 Å². The van der Waals surface area contributed by atoms with E-state index in [2.05, 4.69) is 58.0 Å². The molecular formula is C23H25N3O2. The molecule has 1 unspecified atom stereocenters. The van der Waals surface area contributed by atoms with Crippen molar-refractivity contribution < 1.29 is 9.90 Å². The first-order chi connectivity index (χ1) is 13.7. The van der Waals surface area contributed by atoms with Crippen molar-refractivity contribution in [3.05, 3.63) is 77.9 Å². The molecule has 1 fully saturated rings. The zero-order valence-electron chi connectivity index (χ0n) is 15.8. The highest BCUT2D eigenvalue weighted by molar-refractivity contribution is 5.94. The minimum absolute atomic E-state index is 0.118. The SMILES string of the molecule is O=C(NCC1CN(Cc2cccc3ccccc23)CCN1)c1ccc(O)cc1. The van der Waals surface area contributed by atoms with E-state index < -0.39 is 0 Å². The van der Waals surface area contributed by atoms with Crippen LogP contribution < -0.4 is 10.6 Å². The molecule has 1 heterocycles. The maximum atomic E-state index is 12.3. The number of hydrogen-bond acceptors (Lipinski definition) is 4. The Morgan fingerprint density at radius 1 is 1.07 bits per heavy atom. The van der Waals surface area contributed by atoms with Gasteiger partial charge in [-0.15, -0.1) is 0 Å². The summed E-state index contributed by atoms with van der Waals surface area (Å²) >= 11 is 0. The molecule has 1 amide bonds. The Balaban J connectivity index is 1.35. The molecule has 5 heteroatoms. The Morgan fingerprint density at radius 3 is 2.71 bits per heavy atom. The number of nitrogens with one attached hydrogen (secondary N) is 2. The average molecular weight is 375 g/mol. The van der Waals surface area contributed by atoms with Crippen molar-refractivity contribution in [2.75, 3.05) is 26.2 Å². The lowest BCUT2D eigenvalue weighted by Gasteiger charge is -2.34. The molecule has 0 spiro atoms. The first kappa shape index (κ1) is 18.5. The van der Waals surface area contributed by atoms with Gasteiger partial charge in [0.2, 0.25) is 0 Å². The van der Waals surface area contributed by atoms with Gasteiger partial charge in [-0.3, -0.25) is 9.69 Å². The molecule has 0 radical (unpaired) electrons. The highest BCUT2D eigenvalue weighted by Crippen LogP contribution is 2.20. The van der Waals surface area contributed by atoms with Crippen molar-refractivity contribution >= 4 is 16.7 Å². The van der Waals surface area contributed by atoms with Gasteiger partial charge in [0.05, 0.1) is 0 Å². The lowest BCUT2D eigenvalue weighted by atomic mass is 10.0. The first-order valence-corrected chi connectivity index (χ1v) is 9.68. The summed E-state index contributed by atoms with van der Waals surface area (Å²) < 4.78 is 0. The zero-order chi connectivity index (χ0) is 19.3. The van der Waals surface area contributed by atoms with Crippen molar-refractivity contribution in [3.63, 3.8) is 0 Å². The Labute approximate surface area is 165 Å². The molecule has 3 N–H and O–H groups in total. The number of rotatable bonds is 5. The van der Waals surface area contributed by atoms with Crippen molar-refractivity contribution in [1.82, 2.24) is 15.5 Å². The molecule has 5 nitrogen and oxygen atoms in total. The zero-order valence-corrected chi connectivity index (χ0v) is 15.8. The molecule has 144 valence electrons. The predicted molar refractivity (Wildman–Crippen MR) is 111 cm³/mol. The monoisotopic (exact) mass is 375 g/mol. The quantitative estimate of drug-likeness (QED) is 0.642. The summed E-state index contributed by atoms with van der Waals surface area (Å²) in [5.41, 5.74) is 1.90. The molecule has 28 heavy (non-hydrogen) atoms. The third-order valence-corrected chi connectivity index (χ3v) is 5.25. The molecule has 4 rings (SSSR count). The number of nitrogens with zero attached hydrogens (tertiary/aromatic N) is 1. The van der Waals surface area contributed by atoms with E-state index in [1.54, 1.807) is 12.1 Å². The van der Waals surface area contributed by atoms with Gasteiger partial charge in [-0.05, 0) is 40.6 Å². The highest BCUT2D eigenvalue weighted by Gasteiger charge is 2.20. The van der Waals surface area contributed by atoms with E-state index >= 15 is 0 Å². The number of carbonyl (C=O) groups is 1. The Hall–Kier alpha value is -2.89. The van der Waals surface area contributed by atoms with Gasteiger partial charge in [0.25, 0.3) is 5.91 Å². The molecule has 0 aliphatic carbocycles. The number of piperazine rings is 1.